The van der Waals surface area contributed by atoms with Crippen LogP contribution in [0.4, 0.5) is 5.69 Å². The Bertz CT molecular complexity index is 649. The van der Waals surface area contributed by atoms with Crippen molar-refractivity contribution in [2.24, 2.45) is 0 Å². The van der Waals surface area contributed by atoms with Gasteiger partial charge >= 0.3 is 0 Å². The highest BCUT2D eigenvalue weighted by Gasteiger charge is 2.26. The van der Waals surface area contributed by atoms with Crippen LogP contribution in [0.5, 0.6) is 0 Å². The molecule has 1 aromatic rings. The number of hydrogen-bond donors (Lipinski definition) is 0. The monoisotopic (exact) mass is 457 g/mol. The molecule has 0 aliphatic carbocycles. The summed E-state index contributed by atoms with van der Waals surface area (Å²) in [5.41, 5.74) is 3.17. The second kappa shape index (κ2) is 17.6. The molecule has 5 nitrogen and oxygen atoms in total. The number of hydrogen-bond acceptors (Lipinski definition) is 4. The van der Waals surface area contributed by atoms with Gasteiger partial charge in [0, 0.05) is 5.56 Å². The summed E-state index contributed by atoms with van der Waals surface area (Å²) >= 11 is 0. The van der Waals surface area contributed by atoms with E-state index in [0.717, 1.165) is 11.6 Å². The maximum absolute atomic E-state index is 9.22. The molecule has 0 heterocycles. The van der Waals surface area contributed by atoms with E-state index >= 15 is 0 Å². The van der Waals surface area contributed by atoms with E-state index < -0.39 is 10.4 Å². The van der Waals surface area contributed by atoms with Crippen molar-refractivity contribution in [1.29, 1.82) is 0 Å². The quantitative estimate of drug-likeness (QED) is 0.121. The predicted octanol–water partition coefficient (Wildman–Crippen LogP) is 6.61. The van der Waals surface area contributed by atoms with Crippen LogP contribution in [-0.4, -0.2) is 39.7 Å². The summed E-state index contributed by atoms with van der Waals surface area (Å²) in [6.07, 6.45) is 15.4. The van der Waals surface area contributed by atoms with Crippen LogP contribution in [0.25, 0.3) is 0 Å². The first-order valence-electron chi connectivity index (χ1n) is 12.3. The Balaban J connectivity index is 0.00000131. The van der Waals surface area contributed by atoms with Gasteiger partial charge in [0.2, 0.25) is 10.4 Å². The van der Waals surface area contributed by atoms with Crippen LogP contribution in [0.2, 0.25) is 0 Å². The van der Waals surface area contributed by atoms with Crippen LogP contribution in [-0.2, 0) is 21.0 Å². The summed E-state index contributed by atoms with van der Waals surface area (Å²) in [7, 11) is -3.60. The predicted molar refractivity (Wildman–Crippen MR) is 132 cm³/mol. The first-order chi connectivity index (χ1) is 14.8. The van der Waals surface area contributed by atoms with E-state index in [1.807, 2.05) is 0 Å². The SMILES string of the molecule is CCCCCCCCCCCCc1ccccc1[N+](CC)(CC)CC.COS(=O)(=O)[O-]. The average Bonchev–Trinajstić information content (AvgIpc) is 2.77. The number of rotatable bonds is 16. The Morgan fingerprint density at radius 3 is 1.61 bits per heavy atom. The maximum atomic E-state index is 9.22. The molecule has 0 aliphatic rings. The molecule has 0 saturated carbocycles. The molecule has 182 valence electrons. The fourth-order valence-electron chi connectivity index (χ4n) is 4.17. The van der Waals surface area contributed by atoms with Gasteiger partial charge in [-0.15, -0.1) is 0 Å². The largest absolute Gasteiger partial charge is 0.726 e. The average molecular weight is 458 g/mol. The molecule has 1 aromatic carbocycles. The molecule has 0 aromatic heterocycles. The zero-order chi connectivity index (χ0) is 23.6. The summed E-state index contributed by atoms with van der Waals surface area (Å²) in [6.45, 7) is 12.9. The molecule has 1 rings (SSSR count). The van der Waals surface area contributed by atoms with Crippen LogP contribution in [0.3, 0.4) is 0 Å². The molecule has 0 radical (unpaired) electrons. The van der Waals surface area contributed by atoms with Gasteiger partial charge in [-0.1, -0.05) is 82.9 Å². The van der Waals surface area contributed by atoms with Gasteiger partial charge in [-0.3, -0.25) is 8.67 Å². The summed E-state index contributed by atoms with van der Waals surface area (Å²) in [6, 6.07) is 9.20. The van der Waals surface area contributed by atoms with Crippen molar-refractivity contribution in [3.8, 4) is 0 Å². The minimum Gasteiger partial charge on any atom is -0.726 e. The Hall–Kier alpha value is -0.950. The van der Waals surface area contributed by atoms with Crippen molar-refractivity contribution >= 4 is 16.1 Å². The van der Waals surface area contributed by atoms with E-state index in [2.05, 4.69) is 56.1 Å². The van der Waals surface area contributed by atoms with E-state index in [4.69, 9.17) is 0 Å². The van der Waals surface area contributed by atoms with E-state index in [9.17, 15) is 13.0 Å². The third-order valence-corrected chi connectivity index (χ3v) is 6.73. The lowest BCUT2D eigenvalue weighted by Gasteiger charge is -2.36. The Morgan fingerprint density at radius 1 is 0.774 bits per heavy atom. The molecular weight excluding hydrogens is 410 g/mol. The van der Waals surface area contributed by atoms with E-state index in [-0.39, 0.29) is 0 Å². The maximum Gasteiger partial charge on any atom is 0.217 e. The van der Waals surface area contributed by atoms with Gasteiger partial charge in [-0.05, 0) is 39.7 Å². The molecule has 0 saturated heterocycles. The van der Waals surface area contributed by atoms with Gasteiger partial charge in [0.05, 0.1) is 26.7 Å². The van der Waals surface area contributed by atoms with Gasteiger partial charge in [0.1, 0.15) is 5.69 Å². The third kappa shape index (κ3) is 13.3. The van der Waals surface area contributed by atoms with Crippen LogP contribution in [0, 0.1) is 0 Å². The fourth-order valence-corrected chi connectivity index (χ4v) is 4.17. The number of benzene rings is 1. The lowest BCUT2D eigenvalue weighted by molar-refractivity contribution is 0.313. The van der Waals surface area contributed by atoms with Crippen molar-refractivity contribution in [2.45, 2.75) is 98.3 Å². The Labute approximate surface area is 192 Å². The Morgan fingerprint density at radius 2 is 1.19 bits per heavy atom. The number of unbranched alkanes of at least 4 members (excludes halogenated alkanes) is 9. The standard InChI is InChI=1S/C24H44N.CH4O4S/c1-5-9-10-11-12-13-14-15-16-17-20-23-21-18-19-22-24(23)25(6-2,7-3)8-4;1-5-6(2,3)4/h18-19,21-22H,5-17,20H2,1-4H3;1H3,(H,2,3,4)/q+1;/p-1. The summed E-state index contributed by atoms with van der Waals surface area (Å²) in [4.78, 5) is 0. The van der Waals surface area contributed by atoms with Crippen LogP contribution in [0.1, 0.15) is 97.5 Å². The van der Waals surface area contributed by atoms with Crippen molar-refractivity contribution < 1.29 is 17.2 Å². The molecule has 0 atom stereocenters. The lowest BCUT2D eigenvalue weighted by atomic mass is 10.0. The highest BCUT2D eigenvalue weighted by molar-refractivity contribution is 7.80. The van der Waals surface area contributed by atoms with Gasteiger partial charge < -0.3 is 4.55 Å². The second-order valence-electron chi connectivity index (χ2n) is 8.23. The molecular formula is C25H47NO4S. The number of para-hydroxylation sites is 1. The molecule has 31 heavy (non-hydrogen) atoms. The van der Waals surface area contributed by atoms with Crippen LogP contribution >= 0.6 is 0 Å². The molecule has 0 fully saturated rings. The lowest BCUT2D eigenvalue weighted by Crippen LogP contribution is -2.49. The second-order valence-corrected chi connectivity index (χ2v) is 9.38. The minimum absolute atomic E-state index is 0.808. The normalized spacial score (nSPS) is 11.8. The molecule has 0 N–H and O–H groups in total. The number of quaternary nitrogens is 1. The smallest absolute Gasteiger partial charge is 0.217 e. The third-order valence-electron chi connectivity index (χ3n) is 6.32. The molecule has 0 spiro atoms. The van der Waals surface area contributed by atoms with Gasteiger partial charge in [-0.25, -0.2) is 8.42 Å². The van der Waals surface area contributed by atoms with Crippen molar-refractivity contribution in [1.82, 2.24) is 4.48 Å². The summed E-state index contributed by atoms with van der Waals surface area (Å²) < 4.78 is 32.2. The highest BCUT2D eigenvalue weighted by Crippen LogP contribution is 2.28. The van der Waals surface area contributed by atoms with Crippen LogP contribution < -0.4 is 4.48 Å². The van der Waals surface area contributed by atoms with E-state index in [1.54, 1.807) is 11.3 Å². The zero-order valence-electron chi connectivity index (χ0n) is 20.7. The first kappa shape index (κ1) is 30.0. The minimum atomic E-state index is -4.41. The molecule has 0 bridgehead atoms. The van der Waals surface area contributed by atoms with Crippen molar-refractivity contribution in [3.63, 3.8) is 0 Å². The van der Waals surface area contributed by atoms with Gasteiger partial charge in [0.15, 0.2) is 0 Å². The van der Waals surface area contributed by atoms with Gasteiger partial charge in [-0.2, -0.15) is 0 Å². The fraction of sp³-hybridized carbons (Fsp3) is 0.760. The van der Waals surface area contributed by atoms with Gasteiger partial charge in [0.25, 0.3) is 0 Å². The topological polar surface area (TPSA) is 66.4 Å². The summed E-state index contributed by atoms with van der Waals surface area (Å²) in [5.74, 6) is 0. The summed E-state index contributed by atoms with van der Waals surface area (Å²) in [5, 5.41) is 0. The molecule has 0 unspecified atom stereocenters. The van der Waals surface area contributed by atoms with Crippen molar-refractivity contribution in [2.75, 3.05) is 26.7 Å². The highest BCUT2D eigenvalue weighted by atomic mass is 32.3. The first-order valence-corrected chi connectivity index (χ1v) is 13.6. The number of nitrogens with zero attached hydrogens (tertiary/aromatic N) is 1. The zero-order valence-corrected chi connectivity index (χ0v) is 21.5. The molecule has 0 amide bonds. The van der Waals surface area contributed by atoms with Crippen molar-refractivity contribution in [3.05, 3.63) is 29.8 Å². The van der Waals surface area contributed by atoms with E-state index in [0.29, 0.717) is 0 Å². The molecule has 0 aliphatic heterocycles. The Kier molecular flexibility index (Phi) is 17.0. The molecule has 6 heteroatoms. The van der Waals surface area contributed by atoms with Crippen LogP contribution in [0.15, 0.2) is 24.3 Å². The van der Waals surface area contributed by atoms with E-state index in [1.165, 1.54) is 90.3 Å². The number of aryl methyl sites for hydroxylation is 1.